The van der Waals surface area contributed by atoms with E-state index in [4.69, 9.17) is 9.47 Å². The topological polar surface area (TPSA) is 149 Å². The van der Waals surface area contributed by atoms with Crippen molar-refractivity contribution in [3.05, 3.63) is 97.2 Å². The van der Waals surface area contributed by atoms with Gasteiger partial charge >= 0.3 is 0 Å². The molecule has 6 N–H and O–H groups in total. The van der Waals surface area contributed by atoms with Crippen molar-refractivity contribution in [1.82, 2.24) is 5.32 Å². The van der Waals surface area contributed by atoms with E-state index in [1.54, 1.807) is 6.08 Å². The number of hydrogen-bond acceptors (Lipinski definition) is 8. The SMILES string of the molecule is CC/C=C\C/C=C\C/C=C\C/C=C\C/C=C\C/C=C\CCCCCCCCCCCCCCCCC(=O)NC(COC1OC(CO)C(O)C(O)C1O)C(O)/C=C/CC/C=C/CCCCC. The Labute approximate surface area is 396 Å². The zero-order chi connectivity index (χ0) is 47.3. The number of unbranched alkanes of at least 4 members (excludes halogenated alkanes) is 18. The minimum absolute atomic E-state index is 0.195. The second kappa shape index (κ2) is 44.9. The van der Waals surface area contributed by atoms with E-state index in [2.05, 4.69) is 104 Å². The number of rotatable bonds is 42. The highest BCUT2D eigenvalue weighted by Gasteiger charge is 2.44. The van der Waals surface area contributed by atoms with Crippen molar-refractivity contribution in [2.45, 2.75) is 236 Å². The van der Waals surface area contributed by atoms with E-state index in [9.17, 15) is 30.3 Å². The summed E-state index contributed by atoms with van der Waals surface area (Å²) in [4.78, 5) is 13.0. The zero-order valence-electron chi connectivity index (χ0n) is 41.0. The van der Waals surface area contributed by atoms with Gasteiger partial charge in [0.1, 0.15) is 24.4 Å². The lowest BCUT2D eigenvalue weighted by Gasteiger charge is -2.40. The van der Waals surface area contributed by atoms with E-state index in [0.29, 0.717) is 6.42 Å². The number of ether oxygens (including phenoxy) is 2. The first kappa shape index (κ1) is 60.1. The summed E-state index contributed by atoms with van der Waals surface area (Å²) in [7, 11) is 0. The number of aliphatic hydroxyl groups is 5. The summed E-state index contributed by atoms with van der Waals surface area (Å²) in [6.45, 7) is 3.57. The van der Waals surface area contributed by atoms with Gasteiger partial charge in [-0.05, 0) is 83.5 Å². The molecule has 9 heteroatoms. The molecule has 0 aliphatic carbocycles. The summed E-state index contributed by atoms with van der Waals surface area (Å²) in [6.07, 6.45) is 57.7. The molecule has 1 amide bonds. The number of carbonyl (C=O) groups is 1. The third-order valence-corrected chi connectivity index (χ3v) is 11.6. The molecule has 1 rings (SSSR count). The molecule has 1 aliphatic heterocycles. The molecule has 372 valence electrons. The van der Waals surface area contributed by atoms with Gasteiger partial charge < -0.3 is 40.3 Å². The first-order valence-electron chi connectivity index (χ1n) is 26.0. The molecule has 7 atom stereocenters. The van der Waals surface area contributed by atoms with Crippen molar-refractivity contribution >= 4 is 5.91 Å². The predicted octanol–water partition coefficient (Wildman–Crippen LogP) is 12.1. The fourth-order valence-electron chi connectivity index (χ4n) is 7.53. The summed E-state index contributed by atoms with van der Waals surface area (Å²) in [5.41, 5.74) is 0. The molecule has 1 fully saturated rings. The average molecular weight is 910 g/mol. The first-order chi connectivity index (χ1) is 31.8. The molecule has 0 spiro atoms. The van der Waals surface area contributed by atoms with Gasteiger partial charge in [0.15, 0.2) is 6.29 Å². The summed E-state index contributed by atoms with van der Waals surface area (Å²) >= 11 is 0. The van der Waals surface area contributed by atoms with Gasteiger partial charge in [-0.2, -0.15) is 0 Å². The summed E-state index contributed by atoms with van der Waals surface area (Å²) in [5.74, 6) is -0.195. The molecule has 0 bridgehead atoms. The second-order valence-electron chi connectivity index (χ2n) is 17.6. The third kappa shape index (κ3) is 35.0. The fourth-order valence-corrected chi connectivity index (χ4v) is 7.53. The molecule has 1 heterocycles. The van der Waals surface area contributed by atoms with E-state index in [-0.39, 0.29) is 12.5 Å². The summed E-state index contributed by atoms with van der Waals surface area (Å²) < 4.78 is 11.2. The molecule has 0 aromatic heterocycles. The van der Waals surface area contributed by atoms with Crippen LogP contribution in [0.1, 0.15) is 194 Å². The van der Waals surface area contributed by atoms with Crippen LogP contribution in [0, 0.1) is 0 Å². The van der Waals surface area contributed by atoms with E-state index < -0.39 is 49.5 Å². The maximum atomic E-state index is 13.0. The van der Waals surface area contributed by atoms with E-state index in [0.717, 1.165) is 77.0 Å². The van der Waals surface area contributed by atoms with Crippen LogP contribution in [0.25, 0.3) is 0 Å². The van der Waals surface area contributed by atoms with Gasteiger partial charge in [0.2, 0.25) is 5.91 Å². The maximum absolute atomic E-state index is 13.0. The summed E-state index contributed by atoms with van der Waals surface area (Å²) in [6, 6.07) is -0.824. The largest absolute Gasteiger partial charge is 0.394 e. The number of carbonyl (C=O) groups excluding carboxylic acids is 1. The van der Waals surface area contributed by atoms with E-state index in [1.165, 1.54) is 96.3 Å². The molecule has 65 heavy (non-hydrogen) atoms. The molecule has 0 aromatic carbocycles. The van der Waals surface area contributed by atoms with Crippen molar-refractivity contribution in [2.75, 3.05) is 13.2 Å². The monoisotopic (exact) mass is 910 g/mol. The molecular weight excluding hydrogens is 815 g/mol. The van der Waals surface area contributed by atoms with Gasteiger partial charge in [0.25, 0.3) is 0 Å². The van der Waals surface area contributed by atoms with Gasteiger partial charge in [-0.1, -0.05) is 201 Å². The van der Waals surface area contributed by atoms with Gasteiger partial charge in [-0.15, -0.1) is 0 Å². The quantitative estimate of drug-likeness (QED) is 0.0262. The lowest BCUT2D eigenvalue weighted by Crippen LogP contribution is -2.60. The highest BCUT2D eigenvalue weighted by atomic mass is 16.7. The van der Waals surface area contributed by atoms with Crippen LogP contribution < -0.4 is 5.32 Å². The van der Waals surface area contributed by atoms with Gasteiger partial charge in [0, 0.05) is 6.42 Å². The maximum Gasteiger partial charge on any atom is 0.220 e. The smallest absolute Gasteiger partial charge is 0.220 e. The minimum Gasteiger partial charge on any atom is -0.394 e. The van der Waals surface area contributed by atoms with Crippen LogP contribution in [-0.4, -0.2) is 87.5 Å². The van der Waals surface area contributed by atoms with Crippen LogP contribution in [0.2, 0.25) is 0 Å². The Bertz CT molecular complexity index is 1330. The number of nitrogens with one attached hydrogen (secondary N) is 1. The lowest BCUT2D eigenvalue weighted by atomic mass is 9.99. The highest BCUT2D eigenvalue weighted by molar-refractivity contribution is 5.76. The number of amides is 1. The molecular formula is C56H95NO8. The van der Waals surface area contributed by atoms with Crippen LogP contribution >= 0.6 is 0 Å². The standard InChI is InChI=1S/C56H95NO8/c1-3-5-7-9-11-13-14-15-16-17-18-19-20-21-22-23-24-25-26-27-28-29-30-31-32-33-34-35-36-38-40-42-44-46-52(60)57-49(50(59)45-43-41-39-37-12-10-8-6-4-2)48-64-56-55(63)54(62)53(61)51(47-58)65-56/h5,7,11-13,15-16,18-19,21-22,24-25,37,43,45,49-51,53-56,58-59,61-63H,3-4,6,8-10,14,17,20,23,26-36,38-42,44,46-48H2,1-2H3,(H,57,60)/b7-5-,13-11-,16-15-,19-18-,22-21-,25-24-,37-12+,45-43+. The fraction of sp³-hybridized carbons (Fsp3) is 0.696. The highest BCUT2D eigenvalue weighted by Crippen LogP contribution is 2.22. The van der Waals surface area contributed by atoms with Crippen LogP contribution in [0.4, 0.5) is 0 Å². The third-order valence-electron chi connectivity index (χ3n) is 11.6. The molecule has 0 radical (unpaired) electrons. The van der Waals surface area contributed by atoms with Crippen molar-refractivity contribution in [3.63, 3.8) is 0 Å². The molecule has 7 unspecified atom stereocenters. The summed E-state index contributed by atoms with van der Waals surface area (Å²) in [5, 5.41) is 54.1. The Morgan fingerprint density at radius 3 is 1.48 bits per heavy atom. The minimum atomic E-state index is -1.57. The second-order valence-corrected chi connectivity index (χ2v) is 17.6. The molecule has 0 saturated carbocycles. The van der Waals surface area contributed by atoms with E-state index in [1.807, 2.05) is 6.08 Å². The van der Waals surface area contributed by atoms with Crippen LogP contribution in [0.5, 0.6) is 0 Å². The Morgan fingerprint density at radius 2 is 0.969 bits per heavy atom. The number of aliphatic hydroxyl groups excluding tert-OH is 5. The van der Waals surface area contributed by atoms with Crippen LogP contribution in [0.3, 0.4) is 0 Å². The Balaban J connectivity index is 2.13. The normalized spacial score (nSPS) is 20.8. The lowest BCUT2D eigenvalue weighted by molar-refractivity contribution is -0.302. The van der Waals surface area contributed by atoms with Crippen molar-refractivity contribution < 1.29 is 39.8 Å². The van der Waals surface area contributed by atoms with Crippen molar-refractivity contribution in [3.8, 4) is 0 Å². The zero-order valence-corrected chi connectivity index (χ0v) is 41.0. The predicted molar refractivity (Wildman–Crippen MR) is 271 cm³/mol. The van der Waals surface area contributed by atoms with Gasteiger partial charge in [-0.25, -0.2) is 0 Å². The molecule has 1 aliphatic rings. The first-order valence-corrected chi connectivity index (χ1v) is 26.0. The average Bonchev–Trinajstić information content (AvgIpc) is 3.31. The van der Waals surface area contributed by atoms with Gasteiger partial charge in [-0.3, -0.25) is 4.79 Å². The molecule has 9 nitrogen and oxygen atoms in total. The Morgan fingerprint density at radius 1 is 0.538 bits per heavy atom. The van der Waals surface area contributed by atoms with Crippen LogP contribution in [-0.2, 0) is 14.3 Å². The number of allylic oxidation sites excluding steroid dienone is 15. The molecule has 0 aromatic rings. The van der Waals surface area contributed by atoms with Crippen molar-refractivity contribution in [1.29, 1.82) is 0 Å². The van der Waals surface area contributed by atoms with Crippen LogP contribution in [0.15, 0.2) is 97.2 Å². The van der Waals surface area contributed by atoms with E-state index >= 15 is 0 Å². The molecule has 1 saturated heterocycles. The number of hydrogen-bond donors (Lipinski definition) is 6. The van der Waals surface area contributed by atoms with Crippen molar-refractivity contribution in [2.24, 2.45) is 0 Å². The Hall–Kier alpha value is -2.89. The Kier molecular flexibility index (Phi) is 41.6. The van der Waals surface area contributed by atoms with Gasteiger partial charge in [0.05, 0.1) is 25.4 Å².